The van der Waals surface area contributed by atoms with Gasteiger partial charge in [-0.3, -0.25) is 9.59 Å². The topological polar surface area (TPSA) is 46.6 Å². The third-order valence-electron chi connectivity index (χ3n) is 7.75. The van der Waals surface area contributed by atoms with E-state index in [0.717, 1.165) is 51.5 Å². The van der Waals surface area contributed by atoms with Crippen molar-refractivity contribution in [2.45, 2.75) is 50.7 Å². The molecule has 1 heterocycles. The smallest absolute Gasteiger partial charge is 0.245 e. The normalized spacial score (nSPS) is 20.7. The molecule has 2 aromatic rings. The first-order valence-corrected chi connectivity index (χ1v) is 13.8. The SMILES string of the molecule is CC[Si](CC)(CC)C1=C(c2ccc(OC)cc2)C[C@@]2(C1=O)C(=O)N(C)c1ccccc12. The molecule has 0 unspecified atom stereocenters. The number of para-hydroxylation sites is 1. The van der Waals surface area contributed by atoms with Crippen LogP contribution in [0, 0.1) is 0 Å². The van der Waals surface area contributed by atoms with Gasteiger partial charge in [-0.2, -0.15) is 0 Å². The van der Waals surface area contributed by atoms with Crippen molar-refractivity contribution in [3.05, 3.63) is 64.9 Å². The second-order valence-corrected chi connectivity index (χ2v) is 13.9. The summed E-state index contributed by atoms with van der Waals surface area (Å²) in [5, 5.41) is 0.989. The van der Waals surface area contributed by atoms with Crippen LogP contribution in [0.25, 0.3) is 5.57 Å². The zero-order valence-corrected chi connectivity index (χ0v) is 20.1. The minimum Gasteiger partial charge on any atom is -0.497 e. The van der Waals surface area contributed by atoms with Crippen LogP contribution in [0.15, 0.2) is 53.7 Å². The van der Waals surface area contributed by atoms with Crippen molar-refractivity contribution in [3.63, 3.8) is 0 Å². The number of benzene rings is 2. The highest BCUT2D eigenvalue weighted by Crippen LogP contribution is 2.55. The Morgan fingerprint density at radius 2 is 1.58 bits per heavy atom. The third-order valence-corrected chi connectivity index (χ3v) is 13.4. The van der Waals surface area contributed by atoms with Gasteiger partial charge < -0.3 is 9.64 Å². The van der Waals surface area contributed by atoms with E-state index in [2.05, 4.69) is 20.8 Å². The fraction of sp³-hybridized carbons (Fsp3) is 0.385. The number of anilines is 1. The number of amides is 1. The fourth-order valence-electron chi connectivity index (χ4n) is 5.69. The Labute approximate surface area is 185 Å². The summed E-state index contributed by atoms with van der Waals surface area (Å²) in [5.41, 5.74) is 2.71. The fourth-order valence-corrected chi connectivity index (χ4v) is 9.82. The van der Waals surface area contributed by atoms with E-state index in [1.54, 1.807) is 19.1 Å². The Morgan fingerprint density at radius 3 is 2.16 bits per heavy atom. The first-order valence-electron chi connectivity index (χ1n) is 11.2. The average Bonchev–Trinajstić information content (AvgIpc) is 3.24. The lowest BCUT2D eigenvalue weighted by atomic mass is 9.77. The highest BCUT2D eigenvalue weighted by molar-refractivity contribution is 6.92. The van der Waals surface area contributed by atoms with E-state index >= 15 is 0 Å². The average molecular weight is 434 g/mol. The number of rotatable bonds is 6. The molecule has 1 spiro atoms. The zero-order chi connectivity index (χ0) is 22.4. The number of ketones is 1. The molecule has 2 aromatic carbocycles. The molecule has 0 N–H and O–H groups in total. The molecule has 4 nitrogen and oxygen atoms in total. The summed E-state index contributed by atoms with van der Waals surface area (Å²) in [6.07, 6.45) is 0.447. The number of ether oxygens (including phenoxy) is 1. The van der Waals surface area contributed by atoms with Crippen LogP contribution < -0.4 is 9.64 Å². The van der Waals surface area contributed by atoms with Crippen LogP contribution in [0.5, 0.6) is 5.75 Å². The molecule has 0 fully saturated rings. The van der Waals surface area contributed by atoms with E-state index in [9.17, 15) is 9.59 Å². The maximum Gasteiger partial charge on any atom is 0.245 e. The summed E-state index contributed by atoms with van der Waals surface area (Å²) in [4.78, 5) is 29.7. The predicted molar refractivity (Wildman–Crippen MR) is 128 cm³/mol. The number of carbonyl (C=O) groups excluding carboxylic acids is 2. The monoisotopic (exact) mass is 433 g/mol. The van der Waals surface area contributed by atoms with Gasteiger partial charge in [-0.15, -0.1) is 0 Å². The lowest BCUT2D eigenvalue weighted by Crippen LogP contribution is -2.47. The Kier molecular flexibility index (Phi) is 5.42. The van der Waals surface area contributed by atoms with Crippen LogP contribution >= 0.6 is 0 Å². The van der Waals surface area contributed by atoms with Gasteiger partial charge in [-0.1, -0.05) is 69.2 Å². The molecule has 31 heavy (non-hydrogen) atoms. The highest BCUT2D eigenvalue weighted by atomic mass is 28.3. The molecule has 1 aliphatic carbocycles. The van der Waals surface area contributed by atoms with Crippen LogP contribution in [0.1, 0.15) is 38.3 Å². The quantitative estimate of drug-likeness (QED) is 0.454. The van der Waals surface area contributed by atoms with E-state index in [4.69, 9.17) is 4.74 Å². The Bertz CT molecular complexity index is 1060. The number of fused-ring (bicyclic) bond motifs is 2. The Balaban J connectivity index is 1.97. The van der Waals surface area contributed by atoms with Crippen molar-refractivity contribution >= 4 is 31.0 Å². The van der Waals surface area contributed by atoms with Gasteiger partial charge >= 0.3 is 0 Å². The lowest BCUT2D eigenvalue weighted by Gasteiger charge is -2.31. The first kappa shape index (κ1) is 21.6. The summed E-state index contributed by atoms with van der Waals surface area (Å²) >= 11 is 0. The number of carbonyl (C=O) groups is 2. The summed E-state index contributed by atoms with van der Waals surface area (Å²) in [6.45, 7) is 6.64. The minimum absolute atomic E-state index is 0.0531. The van der Waals surface area contributed by atoms with Crippen molar-refractivity contribution in [1.29, 1.82) is 0 Å². The Hall–Kier alpha value is -2.66. The molecule has 0 saturated carbocycles. The van der Waals surface area contributed by atoms with Gasteiger partial charge in [-0.05, 0) is 46.5 Å². The van der Waals surface area contributed by atoms with Gasteiger partial charge in [0, 0.05) is 12.7 Å². The van der Waals surface area contributed by atoms with Crippen LogP contribution in [-0.2, 0) is 15.0 Å². The second kappa shape index (κ2) is 7.79. The second-order valence-electron chi connectivity index (χ2n) is 8.72. The Morgan fingerprint density at radius 1 is 0.968 bits per heavy atom. The number of nitrogens with zero attached hydrogens (tertiary/aromatic N) is 1. The van der Waals surface area contributed by atoms with E-state index in [1.807, 2.05) is 48.5 Å². The largest absolute Gasteiger partial charge is 0.497 e. The molecule has 1 aliphatic heterocycles. The van der Waals surface area contributed by atoms with Crippen molar-refractivity contribution in [3.8, 4) is 5.75 Å². The highest BCUT2D eigenvalue weighted by Gasteiger charge is 2.62. The maximum atomic E-state index is 14.4. The van der Waals surface area contributed by atoms with Gasteiger partial charge in [0.25, 0.3) is 0 Å². The molecular weight excluding hydrogens is 402 g/mol. The third kappa shape index (κ3) is 2.86. The number of methoxy groups -OCH3 is 1. The van der Waals surface area contributed by atoms with Crippen LogP contribution in [0.2, 0.25) is 18.1 Å². The lowest BCUT2D eigenvalue weighted by molar-refractivity contribution is -0.130. The molecule has 0 radical (unpaired) electrons. The molecule has 1 amide bonds. The number of likely N-dealkylation sites (N-methyl/N-ethyl adjacent to an activating group) is 1. The number of hydrogen-bond donors (Lipinski definition) is 0. The summed E-state index contributed by atoms with van der Waals surface area (Å²) in [5.74, 6) is 0.750. The first-order chi connectivity index (χ1) is 14.9. The molecule has 5 heteroatoms. The van der Waals surface area contributed by atoms with Crippen molar-refractivity contribution < 1.29 is 14.3 Å². The zero-order valence-electron chi connectivity index (χ0n) is 19.1. The van der Waals surface area contributed by atoms with Gasteiger partial charge in [0.05, 0.1) is 15.2 Å². The maximum absolute atomic E-state index is 14.4. The molecule has 1 atom stereocenters. The summed E-state index contributed by atoms with van der Waals surface area (Å²) < 4.78 is 5.35. The molecule has 2 aliphatic rings. The number of Topliss-reactive ketones (excluding diaryl/α,β-unsaturated/α-hetero) is 1. The van der Waals surface area contributed by atoms with Crippen LogP contribution in [0.3, 0.4) is 0 Å². The van der Waals surface area contributed by atoms with Gasteiger partial charge in [0.1, 0.15) is 11.2 Å². The van der Waals surface area contributed by atoms with E-state index in [0.29, 0.717) is 6.42 Å². The van der Waals surface area contributed by atoms with Gasteiger partial charge in [0.2, 0.25) is 5.91 Å². The van der Waals surface area contributed by atoms with E-state index in [-0.39, 0.29) is 11.7 Å². The summed E-state index contributed by atoms with van der Waals surface area (Å²) in [6, 6.07) is 18.8. The van der Waals surface area contributed by atoms with E-state index < -0.39 is 13.5 Å². The van der Waals surface area contributed by atoms with Crippen molar-refractivity contribution in [2.75, 3.05) is 19.1 Å². The molecule has 0 aromatic heterocycles. The minimum atomic E-state index is -2.05. The predicted octanol–water partition coefficient (Wildman–Crippen LogP) is 5.38. The summed E-state index contributed by atoms with van der Waals surface area (Å²) in [7, 11) is 1.39. The molecule has 0 bridgehead atoms. The molecule has 162 valence electrons. The number of hydrogen-bond acceptors (Lipinski definition) is 3. The van der Waals surface area contributed by atoms with Gasteiger partial charge in [0.15, 0.2) is 5.78 Å². The van der Waals surface area contributed by atoms with E-state index in [1.165, 1.54) is 0 Å². The van der Waals surface area contributed by atoms with Gasteiger partial charge in [-0.25, -0.2) is 0 Å². The van der Waals surface area contributed by atoms with Crippen molar-refractivity contribution in [1.82, 2.24) is 0 Å². The van der Waals surface area contributed by atoms with Crippen LogP contribution in [0.4, 0.5) is 5.69 Å². The molecule has 0 saturated heterocycles. The van der Waals surface area contributed by atoms with Crippen molar-refractivity contribution in [2.24, 2.45) is 0 Å². The number of allylic oxidation sites excluding steroid dienone is 2. The van der Waals surface area contributed by atoms with Crippen LogP contribution in [-0.4, -0.2) is 33.9 Å². The molecular formula is C26H31NO3Si. The standard InChI is InChI=1S/C26H31NO3Si/c1-6-31(7-2,8-3)23-20(18-13-15-19(30-5)16-14-18)17-26(24(23)28)21-11-9-10-12-22(21)27(4)25(26)29/h9-16H,6-8,17H2,1-5H3/t26-/m1/s1. The molecule has 4 rings (SSSR count).